The Morgan fingerprint density at radius 3 is 2.68 bits per heavy atom. The zero-order valence-electron chi connectivity index (χ0n) is 14.0. The summed E-state index contributed by atoms with van der Waals surface area (Å²) >= 11 is 11.8. The monoisotopic (exact) mass is 377 g/mol. The first-order valence-corrected chi connectivity index (χ1v) is 8.49. The molecule has 130 valence electrons. The summed E-state index contributed by atoms with van der Waals surface area (Å²) in [6.45, 7) is 5.83. The highest BCUT2D eigenvalue weighted by atomic mass is 35.5. The van der Waals surface area contributed by atoms with Crippen LogP contribution in [0.25, 0.3) is 11.0 Å². The number of hydrogen-bond donors (Lipinski definition) is 2. The van der Waals surface area contributed by atoms with E-state index in [1.54, 1.807) is 25.1 Å². The van der Waals surface area contributed by atoms with Crippen LogP contribution in [0.2, 0.25) is 10.0 Å². The van der Waals surface area contributed by atoms with Crippen LogP contribution in [-0.4, -0.2) is 16.1 Å². The normalized spacial score (nSPS) is 12.2. The highest BCUT2D eigenvalue weighted by Crippen LogP contribution is 2.26. The van der Waals surface area contributed by atoms with Crippen molar-refractivity contribution in [1.29, 1.82) is 0 Å². The largest absolute Gasteiger partial charge is 0.438 e. The Hall–Kier alpha value is -2.24. The van der Waals surface area contributed by atoms with Gasteiger partial charge >= 0.3 is 6.09 Å². The number of amides is 1. The number of anilines is 1. The zero-order chi connectivity index (χ0) is 18.1. The van der Waals surface area contributed by atoms with Gasteiger partial charge in [0.2, 0.25) is 0 Å². The predicted molar refractivity (Wildman–Crippen MR) is 101 cm³/mol. The second-order valence-corrected chi connectivity index (χ2v) is 6.64. The van der Waals surface area contributed by atoms with Gasteiger partial charge in [0, 0.05) is 5.69 Å². The number of H-pyrrole nitrogens is 1. The summed E-state index contributed by atoms with van der Waals surface area (Å²) in [7, 11) is 0. The maximum atomic E-state index is 12.1. The zero-order valence-corrected chi connectivity index (χ0v) is 15.5. The first-order valence-electron chi connectivity index (χ1n) is 7.73. The van der Waals surface area contributed by atoms with Gasteiger partial charge in [-0.05, 0) is 56.2 Å². The third-order valence-electron chi connectivity index (χ3n) is 4.04. The van der Waals surface area contributed by atoms with Crippen LogP contribution in [0, 0.1) is 13.8 Å². The minimum absolute atomic E-state index is 0.357. The molecule has 0 aliphatic heterocycles. The van der Waals surface area contributed by atoms with Gasteiger partial charge in [-0.2, -0.15) is 0 Å². The quantitative estimate of drug-likeness (QED) is 0.606. The molecule has 0 radical (unpaired) electrons. The molecule has 0 bridgehead atoms. The average molecular weight is 378 g/mol. The van der Waals surface area contributed by atoms with E-state index in [9.17, 15) is 4.79 Å². The molecule has 0 saturated heterocycles. The number of aryl methyl sites for hydroxylation is 2. The fraction of sp³-hybridized carbons (Fsp3) is 0.222. The number of imidazole rings is 1. The van der Waals surface area contributed by atoms with Crippen molar-refractivity contribution < 1.29 is 9.53 Å². The highest BCUT2D eigenvalue weighted by molar-refractivity contribution is 6.42. The lowest BCUT2D eigenvalue weighted by Crippen LogP contribution is -2.16. The molecule has 0 unspecified atom stereocenters. The minimum Gasteiger partial charge on any atom is -0.438 e. The number of hydrogen-bond acceptors (Lipinski definition) is 3. The number of ether oxygens (including phenoxy) is 1. The molecule has 0 spiro atoms. The van der Waals surface area contributed by atoms with Crippen LogP contribution in [0.1, 0.15) is 30.0 Å². The number of aromatic nitrogens is 2. The van der Waals surface area contributed by atoms with Crippen molar-refractivity contribution in [2.24, 2.45) is 0 Å². The molecule has 3 aromatic rings. The Morgan fingerprint density at radius 2 is 1.96 bits per heavy atom. The van der Waals surface area contributed by atoms with E-state index in [-0.39, 0.29) is 0 Å². The summed E-state index contributed by atoms with van der Waals surface area (Å²) in [6, 6.07) is 8.77. The summed E-state index contributed by atoms with van der Waals surface area (Å²) in [5.41, 5.74) is 4.61. The Morgan fingerprint density at radius 1 is 1.20 bits per heavy atom. The molecular weight excluding hydrogens is 361 g/mol. The number of halogens is 2. The van der Waals surface area contributed by atoms with Gasteiger partial charge in [-0.3, -0.25) is 5.32 Å². The van der Waals surface area contributed by atoms with Gasteiger partial charge in [-0.15, -0.1) is 0 Å². The number of benzene rings is 2. The van der Waals surface area contributed by atoms with Crippen LogP contribution in [-0.2, 0) is 4.74 Å². The molecule has 3 rings (SSSR count). The molecule has 0 aliphatic carbocycles. The molecule has 1 amide bonds. The molecule has 1 heterocycles. The Bertz CT molecular complexity index is 953. The number of nitrogens with zero attached hydrogens (tertiary/aromatic N) is 1. The smallest absolute Gasteiger partial charge is 0.412 e. The van der Waals surface area contributed by atoms with Crippen molar-refractivity contribution in [3.63, 3.8) is 0 Å². The van der Waals surface area contributed by atoms with E-state index in [2.05, 4.69) is 15.3 Å². The third kappa shape index (κ3) is 3.72. The first kappa shape index (κ1) is 17.6. The van der Waals surface area contributed by atoms with Gasteiger partial charge in [0.05, 0.1) is 21.1 Å². The average Bonchev–Trinajstić information content (AvgIpc) is 2.99. The standard InChI is InChI=1S/C18H17Cl2N3O2/c1-9-4-7-15-16(10(9)2)23-17(22-15)11(3)25-18(24)21-12-5-6-13(19)14(20)8-12/h4-8,11H,1-3H3,(H,21,24)(H,22,23)/t11-/m0/s1. The van der Waals surface area contributed by atoms with Gasteiger partial charge in [0.25, 0.3) is 0 Å². The second kappa shape index (κ2) is 6.94. The molecule has 25 heavy (non-hydrogen) atoms. The summed E-state index contributed by atoms with van der Waals surface area (Å²) in [4.78, 5) is 19.8. The summed E-state index contributed by atoms with van der Waals surface area (Å²) < 4.78 is 5.39. The van der Waals surface area contributed by atoms with Crippen molar-refractivity contribution >= 4 is 46.0 Å². The Balaban J connectivity index is 1.73. The lowest BCUT2D eigenvalue weighted by atomic mass is 10.1. The van der Waals surface area contributed by atoms with E-state index in [4.69, 9.17) is 27.9 Å². The van der Waals surface area contributed by atoms with E-state index < -0.39 is 12.2 Å². The number of carbonyl (C=O) groups excluding carboxylic acids is 1. The van der Waals surface area contributed by atoms with Gasteiger partial charge in [-0.1, -0.05) is 29.3 Å². The van der Waals surface area contributed by atoms with Crippen LogP contribution in [0.3, 0.4) is 0 Å². The predicted octanol–water partition coefficient (Wildman–Crippen LogP) is 5.80. The van der Waals surface area contributed by atoms with Gasteiger partial charge in [0.15, 0.2) is 6.10 Å². The Labute approximate surface area is 155 Å². The van der Waals surface area contributed by atoms with E-state index >= 15 is 0 Å². The number of rotatable bonds is 3. The molecule has 0 fully saturated rings. The third-order valence-corrected chi connectivity index (χ3v) is 4.78. The molecule has 1 atom stereocenters. The van der Waals surface area contributed by atoms with Crippen LogP contribution in [0.5, 0.6) is 0 Å². The molecule has 5 nitrogen and oxygen atoms in total. The number of aromatic amines is 1. The van der Waals surface area contributed by atoms with Crippen LogP contribution < -0.4 is 5.32 Å². The van der Waals surface area contributed by atoms with Crippen LogP contribution in [0.15, 0.2) is 30.3 Å². The second-order valence-electron chi connectivity index (χ2n) is 5.83. The molecule has 2 N–H and O–H groups in total. The first-order chi connectivity index (χ1) is 11.8. The topological polar surface area (TPSA) is 67.0 Å². The fourth-order valence-corrected chi connectivity index (χ4v) is 2.77. The number of fused-ring (bicyclic) bond motifs is 1. The molecule has 0 saturated carbocycles. The highest BCUT2D eigenvalue weighted by Gasteiger charge is 2.17. The molecule has 0 aliphatic rings. The fourth-order valence-electron chi connectivity index (χ4n) is 2.47. The maximum Gasteiger partial charge on any atom is 0.412 e. The maximum absolute atomic E-state index is 12.1. The van der Waals surface area contributed by atoms with Gasteiger partial charge in [0.1, 0.15) is 5.82 Å². The van der Waals surface area contributed by atoms with Crippen molar-refractivity contribution in [1.82, 2.24) is 9.97 Å². The summed E-state index contributed by atoms with van der Waals surface area (Å²) in [5, 5.41) is 3.39. The summed E-state index contributed by atoms with van der Waals surface area (Å²) in [5.74, 6) is 0.591. The molecular formula is C18H17Cl2N3O2. The van der Waals surface area contributed by atoms with E-state index in [1.165, 1.54) is 5.56 Å². The summed E-state index contributed by atoms with van der Waals surface area (Å²) in [6.07, 6.45) is -1.13. The Kier molecular flexibility index (Phi) is 4.88. The van der Waals surface area contributed by atoms with Crippen molar-refractivity contribution in [2.45, 2.75) is 26.9 Å². The lowest BCUT2D eigenvalue weighted by molar-refractivity contribution is 0.117. The molecule has 1 aromatic heterocycles. The van der Waals surface area contributed by atoms with E-state index in [0.717, 1.165) is 16.6 Å². The van der Waals surface area contributed by atoms with E-state index in [0.29, 0.717) is 21.6 Å². The number of nitrogens with one attached hydrogen (secondary N) is 2. The van der Waals surface area contributed by atoms with Crippen molar-refractivity contribution in [2.75, 3.05) is 5.32 Å². The molecule has 7 heteroatoms. The molecule has 2 aromatic carbocycles. The minimum atomic E-state index is -0.598. The van der Waals surface area contributed by atoms with Gasteiger partial charge < -0.3 is 9.72 Å². The number of carbonyl (C=O) groups is 1. The SMILES string of the molecule is Cc1ccc2nc([C@H](C)OC(=O)Nc3ccc(Cl)c(Cl)c3)[nH]c2c1C. The van der Waals surface area contributed by atoms with Crippen molar-refractivity contribution in [3.8, 4) is 0 Å². The van der Waals surface area contributed by atoms with Crippen molar-refractivity contribution in [3.05, 3.63) is 57.3 Å². The van der Waals surface area contributed by atoms with Crippen LogP contribution in [0.4, 0.5) is 10.5 Å². The van der Waals surface area contributed by atoms with Crippen LogP contribution >= 0.6 is 23.2 Å². The lowest BCUT2D eigenvalue weighted by Gasteiger charge is -2.12. The van der Waals surface area contributed by atoms with Gasteiger partial charge in [-0.25, -0.2) is 9.78 Å². The van der Waals surface area contributed by atoms with E-state index in [1.807, 2.05) is 26.0 Å².